The lowest BCUT2D eigenvalue weighted by Crippen LogP contribution is -2.30. The summed E-state index contributed by atoms with van der Waals surface area (Å²) in [5.41, 5.74) is 8.85. The Kier molecular flexibility index (Phi) is 8.82. The van der Waals surface area contributed by atoms with Crippen LogP contribution >= 0.6 is 12.4 Å². The number of carbonyl (C=O) groups excluding carboxylic acids is 2. The van der Waals surface area contributed by atoms with Gasteiger partial charge in [0.05, 0.1) is 13.0 Å². The summed E-state index contributed by atoms with van der Waals surface area (Å²) in [5, 5.41) is 2.89. The maximum atomic E-state index is 12.4. The van der Waals surface area contributed by atoms with E-state index in [0.29, 0.717) is 18.5 Å². The minimum Gasteiger partial charge on any atom is -0.469 e. The lowest BCUT2D eigenvalue weighted by molar-refractivity contribution is -0.140. The Morgan fingerprint density at radius 2 is 1.69 bits per heavy atom. The Morgan fingerprint density at radius 1 is 1.08 bits per heavy atom. The van der Waals surface area contributed by atoms with Crippen LogP contribution < -0.4 is 11.1 Å². The predicted molar refractivity (Wildman–Crippen MR) is 105 cm³/mol. The fourth-order valence-electron chi connectivity index (χ4n) is 2.49. The van der Waals surface area contributed by atoms with Crippen LogP contribution in [-0.2, 0) is 20.7 Å². The second-order valence-electron chi connectivity index (χ2n) is 5.99. The first kappa shape index (κ1) is 21.7. The molecule has 2 aromatic rings. The standard InChI is InChI=1S/C20H24N2O3.ClH/c1-14(19(21)16-6-4-3-5-7-16)20(24)22-17-11-8-15(9-12-17)10-13-18(23)25-2;/h3-9,11-12,14,19H,10,13,21H2,1-2H3,(H,22,24);1H. The quantitative estimate of drug-likeness (QED) is 0.725. The first-order valence-corrected chi connectivity index (χ1v) is 8.28. The summed E-state index contributed by atoms with van der Waals surface area (Å²) in [5.74, 6) is -0.721. The molecule has 0 aliphatic heterocycles. The molecule has 0 heterocycles. The van der Waals surface area contributed by atoms with Crippen molar-refractivity contribution in [3.63, 3.8) is 0 Å². The Bertz CT molecular complexity index is 705. The maximum absolute atomic E-state index is 12.4. The first-order chi connectivity index (χ1) is 12.0. The molecule has 1 amide bonds. The molecule has 0 bridgehead atoms. The number of halogens is 1. The van der Waals surface area contributed by atoms with Gasteiger partial charge in [-0.3, -0.25) is 9.59 Å². The van der Waals surface area contributed by atoms with E-state index < -0.39 is 0 Å². The van der Waals surface area contributed by atoms with Gasteiger partial charge in [0.1, 0.15) is 0 Å². The summed E-state index contributed by atoms with van der Waals surface area (Å²) in [6, 6.07) is 16.6. The average molecular weight is 377 g/mol. The lowest BCUT2D eigenvalue weighted by atomic mass is 9.94. The van der Waals surface area contributed by atoms with Crippen molar-refractivity contribution in [2.24, 2.45) is 11.7 Å². The number of nitrogens with two attached hydrogens (primary N) is 1. The highest BCUT2D eigenvalue weighted by atomic mass is 35.5. The van der Waals surface area contributed by atoms with Crippen molar-refractivity contribution in [1.82, 2.24) is 0 Å². The van der Waals surface area contributed by atoms with Crippen molar-refractivity contribution in [3.05, 3.63) is 65.7 Å². The maximum Gasteiger partial charge on any atom is 0.305 e. The molecule has 3 N–H and O–H groups in total. The van der Waals surface area contributed by atoms with Crippen molar-refractivity contribution < 1.29 is 14.3 Å². The molecular formula is C20H25ClN2O3. The second kappa shape index (κ2) is 10.6. The van der Waals surface area contributed by atoms with E-state index in [0.717, 1.165) is 11.1 Å². The molecule has 0 aliphatic rings. The van der Waals surface area contributed by atoms with Crippen LogP contribution in [0.5, 0.6) is 0 Å². The number of hydrogen-bond acceptors (Lipinski definition) is 4. The van der Waals surface area contributed by atoms with Crippen LogP contribution in [0.3, 0.4) is 0 Å². The Morgan fingerprint density at radius 3 is 2.27 bits per heavy atom. The molecule has 0 spiro atoms. The fourth-order valence-corrected chi connectivity index (χ4v) is 2.49. The number of nitrogens with one attached hydrogen (secondary N) is 1. The smallest absolute Gasteiger partial charge is 0.305 e. The van der Waals surface area contributed by atoms with Gasteiger partial charge in [-0.25, -0.2) is 0 Å². The van der Waals surface area contributed by atoms with Gasteiger partial charge in [-0.05, 0) is 29.7 Å². The van der Waals surface area contributed by atoms with E-state index in [2.05, 4.69) is 10.1 Å². The van der Waals surface area contributed by atoms with Gasteiger partial charge in [-0.1, -0.05) is 49.4 Å². The number of rotatable bonds is 7. The number of aryl methyl sites for hydroxylation is 1. The van der Waals surface area contributed by atoms with Crippen molar-refractivity contribution in [1.29, 1.82) is 0 Å². The van der Waals surface area contributed by atoms with E-state index in [1.54, 1.807) is 0 Å². The number of amides is 1. The minimum absolute atomic E-state index is 0. The van der Waals surface area contributed by atoms with Crippen molar-refractivity contribution in [3.8, 4) is 0 Å². The SMILES string of the molecule is COC(=O)CCc1ccc(NC(=O)C(C)C(N)c2ccccc2)cc1.Cl. The Labute approximate surface area is 160 Å². The topological polar surface area (TPSA) is 81.4 Å². The number of methoxy groups -OCH3 is 1. The monoisotopic (exact) mass is 376 g/mol. The van der Waals surface area contributed by atoms with E-state index in [1.165, 1.54) is 7.11 Å². The number of anilines is 1. The molecule has 0 saturated carbocycles. The number of ether oxygens (including phenoxy) is 1. The van der Waals surface area contributed by atoms with Gasteiger partial charge in [-0.2, -0.15) is 0 Å². The second-order valence-corrected chi connectivity index (χ2v) is 5.99. The van der Waals surface area contributed by atoms with Crippen LogP contribution in [0.2, 0.25) is 0 Å². The van der Waals surface area contributed by atoms with Crippen molar-refractivity contribution in [2.75, 3.05) is 12.4 Å². The molecule has 0 saturated heterocycles. The molecule has 2 aromatic carbocycles. The van der Waals surface area contributed by atoms with Crippen LogP contribution in [0, 0.1) is 5.92 Å². The number of carbonyl (C=O) groups is 2. The van der Waals surface area contributed by atoms with Gasteiger partial charge < -0.3 is 15.8 Å². The first-order valence-electron chi connectivity index (χ1n) is 8.28. The third-order valence-electron chi connectivity index (χ3n) is 4.20. The van der Waals surface area contributed by atoms with Crippen LogP contribution in [0.15, 0.2) is 54.6 Å². The van der Waals surface area contributed by atoms with E-state index in [1.807, 2.05) is 61.5 Å². The minimum atomic E-state index is -0.361. The van der Waals surface area contributed by atoms with E-state index >= 15 is 0 Å². The highest BCUT2D eigenvalue weighted by molar-refractivity contribution is 5.92. The third-order valence-corrected chi connectivity index (χ3v) is 4.20. The predicted octanol–water partition coefficient (Wildman–Crippen LogP) is 3.49. The van der Waals surface area contributed by atoms with Crippen molar-refractivity contribution in [2.45, 2.75) is 25.8 Å². The summed E-state index contributed by atoms with van der Waals surface area (Å²) in [6.45, 7) is 1.82. The highest BCUT2D eigenvalue weighted by Gasteiger charge is 2.22. The molecule has 140 valence electrons. The molecule has 2 unspecified atom stereocenters. The molecule has 2 atom stereocenters. The van der Waals surface area contributed by atoms with Gasteiger partial charge in [0.2, 0.25) is 5.91 Å². The molecule has 26 heavy (non-hydrogen) atoms. The summed E-state index contributed by atoms with van der Waals surface area (Å²) in [4.78, 5) is 23.6. The Balaban J connectivity index is 0.00000338. The summed E-state index contributed by atoms with van der Waals surface area (Å²) in [7, 11) is 1.38. The van der Waals surface area contributed by atoms with Gasteiger partial charge in [-0.15, -0.1) is 12.4 Å². The molecule has 0 aromatic heterocycles. The van der Waals surface area contributed by atoms with Gasteiger partial charge in [0.15, 0.2) is 0 Å². The van der Waals surface area contributed by atoms with Crippen LogP contribution in [0.1, 0.15) is 30.5 Å². The zero-order chi connectivity index (χ0) is 18.2. The zero-order valence-corrected chi connectivity index (χ0v) is 15.8. The van der Waals surface area contributed by atoms with E-state index in [4.69, 9.17) is 5.73 Å². The van der Waals surface area contributed by atoms with Gasteiger partial charge in [0, 0.05) is 18.2 Å². The van der Waals surface area contributed by atoms with Crippen LogP contribution in [0.25, 0.3) is 0 Å². The largest absolute Gasteiger partial charge is 0.469 e. The molecule has 5 nitrogen and oxygen atoms in total. The van der Waals surface area contributed by atoms with Crippen LogP contribution in [-0.4, -0.2) is 19.0 Å². The average Bonchev–Trinajstić information content (AvgIpc) is 2.66. The summed E-state index contributed by atoms with van der Waals surface area (Å²) >= 11 is 0. The van der Waals surface area contributed by atoms with E-state index in [-0.39, 0.29) is 36.2 Å². The fraction of sp³-hybridized carbons (Fsp3) is 0.300. The number of benzene rings is 2. The van der Waals surface area contributed by atoms with Gasteiger partial charge >= 0.3 is 5.97 Å². The molecule has 0 aliphatic carbocycles. The summed E-state index contributed by atoms with van der Waals surface area (Å²) in [6.07, 6.45) is 0.946. The number of hydrogen-bond donors (Lipinski definition) is 2. The number of esters is 1. The zero-order valence-electron chi connectivity index (χ0n) is 15.0. The van der Waals surface area contributed by atoms with E-state index in [9.17, 15) is 9.59 Å². The van der Waals surface area contributed by atoms with Gasteiger partial charge in [0.25, 0.3) is 0 Å². The summed E-state index contributed by atoms with van der Waals surface area (Å²) < 4.78 is 4.63. The molecule has 6 heteroatoms. The molecule has 0 radical (unpaired) electrons. The Hall–Kier alpha value is -2.37. The molecule has 2 rings (SSSR count). The highest BCUT2D eigenvalue weighted by Crippen LogP contribution is 2.21. The third kappa shape index (κ3) is 6.17. The van der Waals surface area contributed by atoms with Crippen LogP contribution in [0.4, 0.5) is 5.69 Å². The molecule has 0 fully saturated rings. The normalized spacial score (nSPS) is 12.4. The molecular weight excluding hydrogens is 352 g/mol. The lowest BCUT2D eigenvalue weighted by Gasteiger charge is -2.20. The van der Waals surface area contributed by atoms with Crippen molar-refractivity contribution >= 4 is 30.0 Å².